The molecule has 0 aliphatic carbocycles. The quantitative estimate of drug-likeness (QED) is 0.254. The number of halogens is 1. The zero-order chi connectivity index (χ0) is 26.3. The van der Waals surface area contributed by atoms with E-state index in [0.717, 1.165) is 33.6 Å². The first-order chi connectivity index (χ1) is 17.7. The molecule has 1 N–H and O–H groups in total. The summed E-state index contributed by atoms with van der Waals surface area (Å²) in [6, 6.07) is 22.4. The van der Waals surface area contributed by atoms with E-state index in [2.05, 4.69) is 57.1 Å². The molecule has 0 amide bonds. The van der Waals surface area contributed by atoms with E-state index < -0.39 is 0 Å². The number of anilines is 2. The Morgan fingerprint density at radius 2 is 1.64 bits per heavy atom. The van der Waals surface area contributed by atoms with Gasteiger partial charge in [0.2, 0.25) is 0 Å². The number of para-hydroxylation sites is 1. The Kier molecular flexibility index (Phi) is 13.5. The molecule has 0 unspecified atom stereocenters. The molecule has 192 valence electrons. The van der Waals surface area contributed by atoms with Crippen molar-refractivity contribution >= 4 is 57.8 Å². The summed E-state index contributed by atoms with van der Waals surface area (Å²) in [5, 5.41) is 1.64. The molecule has 7 heteroatoms. The van der Waals surface area contributed by atoms with Crippen molar-refractivity contribution < 1.29 is 0 Å². The van der Waals surface area contributed by atoms with Crippen molar-refractivity contribution in [2.75, 3.05) is 21.3 Å². The Balaban J connectivity index is 0.000000596. The maximum absolute atomic E-state index is 6.44. The van der Waals surface area contributed by atoms with Gasteiger partial charge in [0.05, 0.1) is 10.5 Å². The fraction of sp³-hybridized carbons (Fsp3) is 0.310. The monoisotopic (exact) mass is 540 g/mol. The highest BCUT2D eigenvalue weighted by Crippen LogP contribution is 2.33. The van der Waals surface area contributed by atoms with Gasteiger partial charge in [-0.1, -0.05) is 77.8 Å². The molecule has 1 aromatic heterocycles. The molecule has 1 saturated heterocycles. The summed E-state index contributed by atoms with van der Waals surface area (Å²) < 4.78 is 5.70. The molecule has 4 nitrogen and oxygen atoms in total. The molecule has 1 fully saturated rings. The van der Waals surface area contributed by atoms with E-state index in [1.165, 1.54) is 17.9 Å². The molecule has 0 bridgehead atoms. The lowest BCUT2D eigenvalue weighted by Crippen LogP contribution is -2.28. The van der Waals surface area contributed by atoms with Gasteiger partial charge >= 0.3 is 0 Å². The molecule has 1 aliphatic rings. The molecular weight excluding hydrogens is 504 g/mol. The second kappa shape index (κ2) is 16.4. The Labute approximate surface area is 230 Å². The first-order valence-electron chi connectivity index (χ1n) is 12.6. The Bertz CT molecular complexity index is 1180. The fourth-order valence-corrected chi connectivity index (χ4v) is 4.52. The van der Waals surface area contributed by atoms with Crippen LogP contribution in [0.15, 0.2) is 77.8 Å². The minimum absolute atomic E-state index is 0.624. The molecular formula is C29H37ClN4S2. The van der Waals surface area contributed by atoms with Crippen molar-refractivity contribution in [3.8, 4) is 11.4 Å². The van der Waals surface area contributed by atoms with Crippen LogP contribution >= 0.6 is 35.5 Å². The van der Waals surface area contributed by atoms with Crippen LogP contribution < -0.4 is 9.03 Å². The smallest absolute Gasteiger partial charge is 0.161 e. The molecule has 3 aromatic carbocycles. The van der Waals surface area contributed by atoms with Crippen LogP contribution in [0.4, 0.5) is 11.4 Å². The van der Waals surface area contributed by atoms with Crippen molar-refractivity contribution in [1.29, 1.82) is 0 Å². The largest absolute Gasteiger partial charge is 0.326 e. The van der Waals surface area contributed by atoms with Gasteiger partial charge in [-0.05, 0) is 72.4 Å². The first kappa shape index (κ1) is 29.8. The number of benzene rings is 3. The van der Waals surface area contributed by atoms with Gasteiger partial charge in [0.15, 0.2) is 5.82 Å². The van der Waals surface area contributed by atoms with Gasteiger partial charge in [-0.25, -0.2) is 9.97 Å². The summed E-state index contributed by atoms with van der Waals surface area (Å²) in [4.78, 5) is 10.3. The lowest BCUT2D eigenvalue weighted by Gasteiger charge is -2.31. The lowest BCUT2D eigenvalue weighted by atomic mass is 10.1. The van der Waals surface area contributed by atoms with Gasteiger partial charge in [0.1, 0.15) is 0 Å². The maximum atomic E-state index is 6.44. The van der Waals surface area contributed by atoms with E-state index in [1.54, 1.807) is 11.9 Å². The van der Waals surface area contributed by atoms with Crippen LogP contribution in [0, 0.1) is 0 Å². The highest BCUT2D eigenvalue weighted by atomic mass is 35.5. The van der Waals surface area contributed by atoms with E-state index >= 15 is 0 Å². The number of nitrogens with zero attached hydrogens (tertiary/aromatic N) is 3. The van der Waals surface area contributed by atoms with E-state index in [-0.39, 0.29) is 0 Å². The minimum Gasteiger partial charge on any atom is -0.326 e. The van der Waals surface area contributed by atoms with Crippen molar-refractivity contribution in [2.45, 2.75) is 52.9 Å². The van der Waals surface area contributed by atoms with E-state index in [0.29, 0.717) is 10.8 Å². The molecule has 0 saturated carbocycles. The summed E-state index contributed by atoms with van der Waals surface area (Å²) in [6.07, 6.45) is 3.08. The van der Waals surface area contributed by atoms with Gasteiger partial charge in [-0.3, -0.25) is 0 Å². The number of nitrogens with one attached hydrogen (secondary N) is 1. The van der Waals surface area contributed by atoms with Gasteiger partial charge in [0, 0.05) is 45.7 Å². The van der Waals surface area contributed by atoms with Gasteiger partial charge in [0.25, 0.3) is 0 Å². The Morgan fingerprint density at radius 1 is 0.972 bits per heavy atom. The van der Waals surface area contributed by atoms with E-state index in [4.69, 9.17) is 11.6 Å². The van der Waals surface area contributed by atoms with Crippen molar-refractivity contribution in [2.24, 2.45) is 0 Å². The molecule has 2 heterocycles. The van der Waals surface area contributed by atoms with Crippen LogP contribution in [0.25, 0.3) is 22.3 Å². The average molecular weight is 541 g/mol. The Hall–Kier alpha value is -2.41. The number of hydrogen-bond donors (Lipinski definition) is 1. The number of fused-ring (bicyclic) bond motifs is 1. The molecule has 4 aromatic rings. The summed E-state index contributed by atoms with van der Waals surface area (Å²) in [5.74, 6) is 1.83. The molecule has 36 heavy (non-hydrogen) atoms. The maximum Gasteiger partial charge on any atom is 0.161 e. The van der Waals surface area contributed by atoms with Crippen LogP contribution in [0.5, 0.6) is 0 Å². The topological polar surface area (TPSA) is 41.0 Å². The predicted octanol–water partition coefficient (Wildman–Crippen LogP) is 10.0. The standard InChI is InChI=1S/C22H17ClN4S2.C3H8.2C2H6/c23-20-10-5-16(26-29-18-8-6-17(7-9-18)27-11-12-28-27)13-19(20)22-24-14-15-3-1-2-4-21(15)25-22;1-3-2;2*1-2/h1-10,13-14,26H,11-12H2;3H2,1-2H3;2*1-2H3. The normalized spacial score (nSPS) is 11.6. The molecule has 0 atom stereocenters. The number of rotatable bonds is 5. The van der Waals surface area contributed by atoms with Crippen LogP contribution in [-0.2, 0) is 0 Å². The van der Waals surface area contributed by atoms with Crippen LogP contribution in [-0.4, -0.2) is 22.3 Å². The molecule has 5 rings (SSSR count). The van der Waals surface area contributed by atoms with Crippen LogP contribution in [0.1, 0.15) is 48.0 Å². The third-order valence-electron chi connectivity index (χ3n) is 4.65. The average Bonchev–Trinajstić information content (AvgIpc) is 2.90. The second-order valence-corrected chi connectivity index (χ2v) is 9.68. The molecule has 0 spiro atoms. The summed E-state index contributed by atoms with van der Waals surface area (Å²) in [5.41, 5.74) is 3.93. The molecule has 0 radical (unpaired) electrons. The van der Waals surface area contributed by atoms with Crippen LogP contribution in [0.2, 0.25) is 5.02 Å². The SMILES string of the molecule is CC.CC.CCC.Clc1ccc(NSc2ccc(N3CCS3)cc2)cc1-c1ncc2ccccc2n1. The van der Waals surface area contributed by atoms with Gasteiger partial charge in [-0.2, -0.15) is 0 Å². The number of aromatic nitrogens is 2. The van der Waals surface area contributed by atoms with Crippen LogP contribution in [0.3, 0.4) is 0 Å². The van der Waals surface area contributed by atoms with Gasteiger partial charge in [-0.15, -0.1) is 0 Å². The molecule has 1 aliphatic heterocycles. The highest BCUT2D eigenvalue weighted by molar-refractivity contribution is 8.02. The summed E-state index contributed by atoms with van der Waals surface area (Å²) >= 11 is 9.88. The van der Waals surface area contributed by atoms with E-state index in [9.17, 15) is 0 Å². The second-order valence-electron chi connectivity index (χ2n) is 7.29. The van der Waals surface area contributed by atoms with Crippen molar-refractivity contribution in [3.63, 3.8) is 0 Å². The minimum atomic E-state index is 0.624. The summed E-state index contributed by atoms with van der Waals surface area (Å²) in [7, 11) is 0. The lowest BCUT2D eigenvalue weighted by molar-refractivity contribution is 1.06. The first-order valence-corrected chi connectivity index (χ1v) is 14.8. The third-order valence-corrected chi connectivity index (χ3v) is 6.89. The zero-order valence-electron chi connectivity index (χ0n) is 22.1. The zero-order valence-corrected chi connectivity index (χ0v) is 24.5. The Morgan fingerprint density at radius 3 is 2.28 bits per heavy atom. The third kappa shape index (κ3) is 8.32. The fourth-order valence-electron chi connectivity index (χ4n) is 3.05. The number of hydrogen-bond acceptors (Lipinski definition) is 6. The van der Waals surface area contributed by atoms with E-state index in [1.807, 2.05) is 88.3 Å². The highest BCUT2D eigenvalue weighted by Gasteiger charge is 2.15. The van der Waals surface area contributed by atoms with Crippen molar-refractivity contribution in [3.05, 3.63) is 77.9 Å². The summed E-state index contributed by atoms with van der Waals surface area (Å²) in [6.45, 7) is 13.4. The van der Waals surface area contributed by atoms with Gasteiger partial charge < -0.3 is 9.03 Å². The predicted molar refractivity (Wildman–Crippen MR) is 164 cm³/mol. The van der Waals surface area contributed by atoms with Crippen molar-refractivity contribution in [1.82, 2.24) is 9.97 Å².